The second-order valence-corrected chi connectivity index (χ2v) is 6.77. The van der Waals surface area contributed by atoms with Crippen molar-refractivity contribution in [1.29, 1.82) is 0 Å². The number of aliphatic carboxylic acids is 1. The molecule has 3 atom stereocenters. The number of nitrogens with one attached hydrogen (secondary N) is 1. The SMILES string of the molecule is CCC(C(=O)[O-])[C@@]12CCCN[C@]1(C)CCc1ccccc12. The molecule has 1 saturated heterocycles. The van der Waals surface area contributed by atoms with E-state index in [1.807, 2.05) is 13.0 Å². The molecular weight excluding hydrogens is 262 g/mol. The number of benzene rings is 1. The predicted molar refractivity (Wildman–Crippen MR) is 80.9 cm³/mol. The summed E-state index contributed by atoms with van der Waals surface area (Å²) in [6, 6.07) is 8.41. The molecule has 0 saturated carbocycles. The van der Waals surface area contributed by atoms with Crippen molar-refractivity contribution in [2.75, 3.05) is 6.54 Å². The van der Waals surface area contributed by atoms with Crippen LogP contribution < -0.4 is 10.4 Å². The van der Waals surface area contributed by atoms with Gasteiger partial charge in [0, 0.05) is 22.8 Å². The van der Waals surface area contributed by atoms with Gasteiger partial charge in [-0.3, -0.25) is 0 Å². The van der Waals surface area contributed by atoms with Gasteiger partial charge in [-0.1, -0.05) is 31.2 Å². The summed E-state index contributed by atoms with van der Waals surface area (Å²) in [7, 11) is 0. The van der Waals surface area contributed by atoms with E-state index in [-0.39, 0.29) is 11.0 Å². The Morgan fingerprint density at radius 3 is 2.86 bits per heavy atom. The predicted octanol–water partition coefficient (Wildman–Crippen LogP) is 1.79. The fourth-order valence-electron chi connectivity index (χ4n) is 4.93. The zero-order valence-electron chi connectivity index (χ0n) is 12.9. The van der Waals surface area contributed by atoms with Gasteiger partial charge in [-0.05, 0) is 56.7 Å². The summed E-state index contributed by atoms with van der Waals surface area (Å²) >= 11 is 0. The molecule has 1 aromatic rings. The molecule has 114 valence electrons. The highest BCUT2D eigenvalue weighted by atomic mass is 16.4. The van der Waals surface area contributed by atoms with Crippen LogP contribution in [0.2, 0.25) is 0 Å². The monoisotopic (exact) mass is 286 g/mol. The average Bonchev–Trinajstić information content (AvgIpc) is 2.48. The standard InChI is InChI=1S/C18H25NO2/c1-3-14(16(20)21)18-10-6-12-19-17(18,2)11-9-13-7-4-5-8-15(13)18/h4-5,7-8,14,19H,3,6,9-12H2,1-2H3,(H,20,21)/p-1/t14?,17-,18-/m1/s1. The molecular formula is C18H24NO2-. The van der Waals surface area contributed by atoms with Gasteiger partial charge < -0.3 is 15.2 Å². The lowest BCUT2D eigenvalue weighted by Gasteiger charge is -2.60. The molecule has 1 unspecified atom stereocenters. The molecule has 0 aromatic heterocycles. The minimum atomic E-state index is -0.899. The van der Waals surface area contributed by atoms with Crippen molar-refractivity contribution in [1.82, 2.24) is 5.32 Å². The molecule has 1 N–H and O–H groups in total. The molecule has 3 nitrogen and oxygen atoms in total. The van der Waals surface area contributed by atoms with E-state index >= 15 is 0 Å². The highest BCUT2D eigenvalue weighted by Crippen LogP contribution is 2.54. The summed E-state index contributed by atoms with van der Waals surface area (Å²) in [6.45, 7) is 5.17. The molecule has 0 radical (unpaired) electrons. The summed E-state index contributed by atoms with van der Waals surface area (Å²) in [5, 5.41) is 15.6. The van der Waals surface area contributed by atoms with Gasteiger partial charge in [-0.2, -0.15) is 0 Å². The Bertz CT molecular complexity index is 556. The van der Waals surface area contributed by atoms with E-state index in [0.717, 1.165) is 32.2 Å². The average molecular weight is 286 g/mol. The Kier molecular flexibility index (Phi) is 3.56. The first-order valence-corrected chi connectivity index (χ1v) is 8.09. The topological polar surface area (TPSA) is 52.2 Å². The number of rotatable bonds is 3. The Morgan fingerprint density at radius 2 is 2.14 bits per heavy atom. The van der Waals surface area contributed by atoms with E-state index in [4.69, 9.17) is 0 Å². The summed E-state index contributed by atoms with van der Waals surface area (Å²) in [6.07, 6.45) is 4.58. The fourth-order valence-corrected chi connectivity index (χ4v) is 4.93. The molecule has 0 amide bonds. The number of fused-ring (bicyclic) bond motifs is 3. The number of carbonyl (C=O) groups is 1. The second-order valence-electron chi connectivity index (χ2n) is 6.77. The van der Waals surface area contributed by atoms with Crippen molar-refractivity contribution < 1.29 is 9.90 Å². The lowest BCUT2D eigenvalue weighted by atomic mass is 9.50. The van der Waals surface area contributed by atoms with Gasteiger partial charge in [0.1, 0.15) is 0 Å². The molecule has 1 aromatic carbocycles. The fraction of sp³-hybridized carbons (Fsp3) is 0.611. The molecule has 1 heterocycles. The van der Waals surface area contributed by atoms with Gasteiger partial charge >= 0.3 is 0 Å². The van der Waals surface area contributed by atoms with Gasteiger partial charge in [-0.25, -0.2) is 0 Å². The summed E-state index contributed by atoms with van der Waals surface area (Å²) in [4.78, 5) is 11.9. The molecule has 2 aliphatic rings. The van der Waals surface area contributed by atoms with E-state index in [9.17, 15) is 9.90 Å². The highest BCUT2D eigenvalue weighted by Gasteiger charge is 2.57. The van der Waals surface area contributed by atoms with Crippen LogP contribution in [0.1, 0.15) is 50.7 Å². The quantitative estimate of drug-likeness (QED) is 0.921. The summed E-state index contributed by atoms with van der Waals surface area (Å²) in [5.74, 6) is -1.33. The van der Waals surface area contributed by atoms with E-state index in [1.54, 1.807) is 0 Å². The van der Waals surface area contributed by atoms with Crippen LogP contribution in [-0.2, 0) is 16.6 Å². The number of carboxylic acid groups (broad SMARTS) is 1. The summed E-state index contributed by atoms with van der Waals surface area (Å²) < 4.78 is 0. The molecule has 1 fully saturated rings. The molecule has 1 aliphatic carbocycles. The maximum absolute atomic E-state index is 11.9. The maximum atomic E-state index is 11.9. The van der Waals surface area contributed by atoms with Gasteiger partial charge in [0.2, 0.25) is 0 Å². The van der Waals surface area contributed by atoms with Crippen LogP contribution >= 0.6 is 0 Å². The van der Waals surface area contributed by atoms with Crippen LogP contribution in [0, 0.1) is 5.92 Å². The number of hydrogen-bond acceptors (Lipinski definition) is 3. The third kappa shape index (κ3) is 1.94. The van der Waals surface area contributed by atoms with Crippen LogP contribution in [0.15, 0.2) is 24.3 Å². The van der Waals surface area contributed by atoms with Gasteiger partial charge in [0.05, 0.1) is 0 Å². The largest absolute Gasteiger partial charge is 0.550 e. The lowest BCUT2D eigenvalue weighted by Crippen LogP contribution is -2.69. The van der Waals surface area contributed by atoms with Gasteiger partial charge in [0.25, 0.3) is 0 Å². The van der Waals surface area contributed by atoms with Crippen molar-refractivity contribution >= 4 is 5.97 Å². The van der Waals surface area contributed by atoms with Gasteiger partial charge in [0.15, 0.2) is 0 Å². The Morgan fingerprint density at radius 1 is 1.38 bits per heavy atom. The van der Waals surface area contributed by atoms with E-state index in [1.165, 1.54) is 11.1 Å². The normalized spacial score (nSPS) is 32.9. The lowest BCUT2D eigenvalue weighted by molar-refractivity contribution is -0.315. The Hall–Kier alpha value is -1.35. The molecule has 0 spiro atoms. The van der Waals surface area contributed by atoms with Gasteiger partial charge in [-0.15, -0.1) is 0 Å². The number of piperidine rings is 1. The zero-order valence-corrected chi connectivity index (χ0v) is 12.9. The molecule has 3 rings (SSSR count). The molecule has 21 heavy (non-hydrogen) atoms. The van der Waals surface area contributed by atoms with Crippen LogP contribution in [0.5, 0.6) is 0 Å². The maximum Gasteiger partial charge on any atom is 0.0454 e. The van der Waals surface area contributed by atoms with Crippen LogP contribution in [0.3, 0.4) is 0 Å². The highest BCUT2D eigenvalue weighted by molar-refractivity contribution is 5.71. The minimum absolute atomic E-state index is 0.152. The van der Waals surface area contributed by atoms with Crippen LogP contribution in [0.4, 0.5) is 0 Å². The Labute approximate surface area is 126 Å². The summed E-state index contributed by atoms with van der Waals surface area (Å²) in [5.41, 5.74) is 2.06. The van der Waals surface area contributed by atoms with E-state index in [2.05, 4.69) is 30.4 Å². The number of carbonyl (C=O) groups excluding carboxylic acids is 1. The third-order valence-corrected chi connectivity index (χ3v) is 5.93. The minimum Gasteiger partial charge on any atom is -0.550 e. The van der Waals surface area contributed by atoms with Crippen LogP contribution in [0.25, 0.3) is 0 Å². The number of aryl methyl sites for hydroxylation is 1. The first-order valence-electron chi connectivity index (χ1n) is 8.09. The van der Waals surface area contributed by atoms with Crippen molar-refractivity contribution in [2.45, 2.75) is 56.9 Å². The zero-order chi connectivity index (χ0) is 15.1. The molecule has 1 aliphatic heterocycles. The van der Waals surface area contributed by atoms with E-state index in [0.29, 0.717) is 6.42 Å². The smallest absolute Gasteiger partial charge is 0.0454 e. The van der Waals surface area contributed by atoms with Crippen molar-refractivity contribution in [3.05, 3.63) is 35.4 Å². The van der Waals surface area contributed by atoms with Crippen molar-refractivity contribution in [3.8, 4) is 0 Å². The molecule has 3 heteroatoms. The molecule has 0 bridgehead atoms. The van der Waals surface area contributed by atoms with Crippen molar-refractivity contribution in [3.63, 3.8) is 0 Å². The number of hydrogen-bond donors (Lipinski definition) is 1. The first-order chi connectivity index (χ1) is 10.0. The van der Waals surface area contributed by atoms with Crippen LogP contribution in [-0.4, -0.2) is 18.1 Å². The first kappa shape index (κ1) is 14.6. The van der Waals surface area contributed by atoms with E-state index < -0.39 is 11.9 Å². The third-order valence-electron chi connectivity index (χ3n) is 5.93. The van der Waals surface area contributed by atoms with Crippen molar-refractivity contribution in [2.24, 2.45) is 5.92 Å². The second kappa shape index (κ2) is 5.13. The Balaban J connectivity index is 2.24. The number of carboxylic acids is 1.